The highest BCUT2D eigenvalue weighted by Gasteiger charge is 2.17. The molecule has 0 heterocycles. The zero-order valence-corrected chi connectivity index (χ0v) is 17.7. The minimum absolute atomic E-state index is 0.194. The number of nitrogens with one attached hydrogen (secondary N) is 1. The van der Waals surface area contributed by atoms with Gasteiger partial charge in [0.25, 0.3) is 5.91 Å². The van der Waals surface area contributed by atoms with Crippen molar-refractivity contribution >= 4 is 11.9 Å². The van der Waals surface area contributed by atoms with Gasteiger partial charge in [-0.25, -0.2) is 4.79 Å². The van der Waals surface area contributed by atoms with Gasteiger partial charge in [0.05, 0.1) is 20.3 Å². The van der Waals surface area contributed by atoms with E-state index in [1.807, 2.05) is 19.1 Å². The minimum atomic E-state index is -0.651. The summed E-state index contributed by atoms with van der Waals surface area (Å²) in [5, 5.41) is 2.84. The van der Waals surface area contributed by atoms with Crippen LogP contribution in [0.15, 0.2) is 42.5 Å². The lowest BCUT2D eigenvalue weighted by atomic mass is 10.00. The van der Waals surface area contributed by atoms with Crippen molar-refractivity contribution in [3.8, 4) is 11.5 Å². The fourth-order valence-corrected chi connectivity index (χ4v) is 2.96. The van der Waals surface area contributed by atoms with E-state index in [0.717, 1.165) is 12.0 Å². The fraction of sp³-hybridized carbons (Fsp3) is 0.391. The summed E-state index contributed by atoms with van der Waals surface area (Å²) in [6.07, 6.45) is 1.02. The van der Waals surface area contributed by atoms with E-state index >= 15 is 0 Å². The van der Waals surface area contributed by atoms with E-state index in [-0.39, 0.29) is 24.1 Å². The molecule has 0 fully saturated rings. The summed E-state index contributed by atoms with van der Waals surface area (Å²) in [7, 11) is 2.96. The van der Waals surface area contributed by atoms with Crippen molar-refractivity contribution in [1.29, 1.82) is 0 Å². The molecule has 0 aromatic heterocycles. The second kappa shape index (κ2) is 10.5. The van der Waals surface area contributed by atoms with Crippen LogP contribution in [0.5, 0.6) is 11.5 Å². The molecule has 0 bridgehead atoms. The number of rotatable bonds is 9. The summed E-state index contributed by atoms with van der Waals surface area (Å²) >= 11 is 0. The Hall–Kier alpha value is -3.02. The average Bonchev–Trinajstić information content (AvgIpc) is 2.71. The highest BCUT2D eigenvalue weighted by atomic mass is 16.5. The van der Waals surface area contributed by atoms with Gasteiger partial charge >= 0.3 is 5.97 Å². The molecule has 29 heavy (non-hydrogen) atoms. The Labute approximate surface area is 172 Å². The van der Waals surface area contributed by atoms with Gasteiger partial charge in [-0.05, 0) is 48.6 Å². The highest BCUT2D eigenvalue weighted by molar-refractivity contribution is 5.94. The summed E-state index contributed by atoms with van der Waals surface area (Å²) in [6.45, 7) is 5.87. The Morgan fingerprint density at radius 2 is 1.66 bits per heavy atom. The first-order valence-electron chi connectivity index (χ1n) is 9.61. The molecule has 1 amide bonds. The van der Waals surface area contributed by atoms with Gasteiger partial charge in [0.15, 0.2) is 6.61 Å². The largest absolute Gasteiger partial charge is 0.497 e. The zero-order chi connectivity index (χ0) is 21.4. The van der Waals surface area contributed by atoms with Crippen molar-refractivity contribution < 1.29 is 23.8 Å². The Morgan fingerprint density at radius 3 is 2.24 bits per heavy atom. The van der Waals surface area contributed by atoms with Gasteiger partial charge in [-0.2, -0.15) is 0 Å². The number of benzene rings is 2. The van der Waals surface area contributed by atoms with Crippen molar-refractivity contribution in [3.05, 3.63) is 59.2 Å². The van der Waals surface area contributed by atoms with E-state index in [1.165, 1.54) is 25.8 Å². The SMILES string of the molecule is COc1ccc(OC)c(C(=O)OCC(=O)N[C@H](C)c2ccc(CC(C)C)cc2)c1. The van der Waals surface area contributed by atoms with Gasteiger partial charge in [-0.1, -0.05) is 38.1 Å². The third kappa shape index (κ3) is 6.52. The molecule has 1 N–H and O–H groups in total. The van der Waals surface area contributed by atoms with Crippen LogP contribution >= 0.6 is 0 Å². The number of methoxy groups -OCH3 is 2. The van der Waals surface area contributed by atoms with Gasteiger partial charge in [0, 0.05) is 0 Å². The summed E-state index contributed by atoms with van der Waals surface area (Å²) in [5.74, 6) is 0.416. The predicted octanol–water partition coefficient (Wildman–Crippen LogP) is 3.94. The fourth-order valence-electron chi connectivity index (χ4n) is 2.96. The van der Waals surface area contributed by atoms with E-state index < -0.39 is 5.97 Å². The van der Waals surface area contributed by atoms with Crippen molar-refractivity contribution in [2.75, 3.05) is 20.8 Å². The van der Waals surface area contributed by atoms with Gasteiger partial charge in [0.2, 0.25) is 0 Å². The summed E-state index contributed by atoms with van der Waals surface area (Å²) < 4.78 is 15.4. The second-order valence-corrected chi connectivity index (χ2v) is 7.27. The van der Waals surface area contributed by atoms with Crippen LogP contribution < -0.4 is 14.8 Å². The maximum absolute atomic E-state index is 12.3. The van der Waals surface area contributed by atoms with Gasteiger partial charge in [0.1, 0.15) is 17.1 Å². The first-order valence-corrected chi connectivity index (χ1v) is 9.61. The topological polar surface area (TPSA) is 73.9 Å². The quantitative estimate of drug-likeness (QED) is 0.647. The Balaban J connectivity index is 1.91. The van der Waals surface area contributed by atoms with Gasteiger partial charge in [-0.15, -0.1) is 0 Å². The van der Waals surface area contributed by atoms with E-state index in [2.05, 4.69) is 31.3 Å². The molecule has 1 atom stereocenters. The predicted molar refractivity (Wildman–Crippen MR) is 111 cm³/mol. The number of esters is 1. The molecule has 6 nitrogen and oxygen atoms in total. The average molecular weight is 399 g/mol. The highest BCUT2D eigenvalue weighted by Crippen LogP contribution is 2.24. The number of amides is 1. The Morgan fingerprint density at radius 1 is 0.966 bits per heavy atom. The maximum atomic E-state index is 12.3. The van der Waals surface area contributed by atoms with Crippen LogP contribution in [0, 0.1) is 5.92 Å². The van der Waals surface area contributed by atoms with Crippen molar-refractivity contribution in [2.24, 2.45) is 5.92 Å². The number of hydrogen-bond acceptors (Lipinski definition) is 5. The minimum Gasteiger partial charge on any atom is -0.497 e. The molecule has 0 aliphatic carbocycles. The molecular weight excluding hydrogens is 370 g/mol. The zero-order valence-electron chi connectivity index (χ0n) is 17.7. The normalized spacial score (nSPS) is 11.7. The lowest BCUT2D eigenvalue weighted by Crippen LogP contribution is -2.31. The van der Waals surface area contributed by atoms with Crippen LogP contribution in [0.3, 0.4) is 0 Å². The van der Waals surface area contributed by atoms with Crippen LogP contribution in [0.4, 0.5) is 0 Å². The van der Waals surface area contributed by atoms with E-state index in [4.69, 9.17) is 14.2 Å². The molecule has 0 saturated carbocycles. The van der Waals surface area contributed by atoms with Crippen LogP contribution in [0.2, 0.25) is 0 Å². The first-order chi connectivity index (χ1) is 13.8. The smallest absolute Gasteiger partial charge is 0.342 e. The van der Waals surface area contributed by atoms with E-state index in [0.29, 0.717) is 17.4 Å². The summed E-state index contributed by atoms with van der Waals surface area (Å²) in [4.78, 5) is 24.5. The van der Waals surface area contributed by atoms with Crippen LogP contribution in [-0.4, -0.2) is 32.7 Å². The van der Waals surface area contributed by atoms with Gasteiger partial charge < -0.3 is 19.5 Å². The molecule has 0 saturated heterocycles. The van der Waals surface area contributed by atoms with Gasteiger partial charge in [-0.3, -0.25) is 4.79 Å². The molecular formula is C23H29NO5. The number of hydrogen-bond donors (Lipinski definition) is 1. The standard InChI is InChI=1S/C23H29NO5/c1-15(2)12-17-6-8-18(9-7-17)16(3)24-22(25)14-29-23(26)20-13-19(27-4)10-11-21(20)28-5/h6-11,13,15-16H,12,14H2,1-5H3,(H,24,25)/t16-/m1/s1. The molecule has 2 aromatic rings. The second-order valence-electron chi connectivity index (χ2n) is 7.27. The van der Waals surface area contributed by atoms with Crippen LogP contribution in [-0.2, 0) is 16.0 Å². The molecule has 156 valence electrons. The van der Waals surface area contributed by atoms with E-state index in [9.17, 15) is 9.59 Å². The maximum Gasteiger partial charge on any atom is 0.342 e. The van der Waals surface area contributed by atoms with Crippen molar-refractivity contribution in [1.82, 2.24) is 5.32 Å². The number of ether oxygens (including phenoxy) is 3. The lowest BCUT2D eigenvalue weighted by molar-refractivity contribution is -0.124. The Kier molecular flexibility index (Phi) is 8.07. The number of carbonyl (C=O) groups excluding carboxylic acids is 2. The molecule has 2 aromatic carbocycles. The summed E-state index contributed by atoms with van der Waals surface area (Å²) in [6, 6.07) is 12.8. The van der Waals surface area contributed by atoms with Crippen LogP contribution in [0.25, 0.3) is 0 Å². The summed E-state index contributed by atoms with van der Waals surface area (Å²) in [5.41, 5.74) is 2.46. The first kappa shape index (κ1) is 22.3. The lowest BCUT2D eigenvalue weighted by Gasteiger charge is -2.16. The molecule has 0 aliphatic heterocycles. The Bertz CT molecular complexity index is 830. The monoisotopic (exact) mass is 399 g/mol. The van der Waals surface area contributed by atoms with E-state index in [1.54, 1.807) is 12.1 Å². The van der Waals surface area contributed by atoms with Crippen molar-refractivity contribution in [2.45, 2.75) is 33.2 Å². The van der Waals surface area contributed by atoms with Crippen molar-refractivity contribution in [3.63, 3.8) is 0 Å². The third-order valence-corrected chi connectivity index (χ3v) is 4.46. The molecule has 6 heteroatoms. The molecule has 2 rings (SSSR count). The van der Waals surface area contributed by atoms with Crippen LogP contribution in [0.1, 0.15) is 48.3 Å². The number of carbonyl (C=O) groups is 2. The molecule has 0 aliphatic rings. The molecule has 0 unspecified atom stereocenters. The third-order valence-electron chi connectivity index (χ3n) is 4.46. The molecule has 0 spiro atoms. The molecule has 0 radical (unpaired) electrons.